The molecule has 0 spiro atoms. The fourth-order valence-corrected chi connectivity index (χ4v) is 1.44. The Morgan fingerprint density at radius 3 is 2.88 bits per heavy atom. The van der Waals surface area contributed by atoms with Crippen LogP contribution >= 0.6 is 0 Å². The molecule has 0 amide bonds. The van der Waals surface area contributed by atoms with Gasteiger partial charge in [0.15, 0.2) is 5.82 Å². The average Bonchev–Trinajstić information content (AvgIpc) is 2.87. The van der Waals surface area contributed by atoms with Crippen molar-refractivity contribution in [3.63, 3.8) is 0 Å². The van der Waals surface area contributed by atoms with E-state index < -0.39 is 5.97 Å². The maximum Gasteiger partial charge on any atom is 0.339 e. The van der Waals surface area contributed by atoms with Gasteiger partial charge in [-0.3, -0.25) is 4.68 Å². The van der Waals surface area contributed by atoms with Gasteiger partial charge in [0.25, 0.3) is 0 Å². The second kappa shape index (κ2) is 4.36. The molecule has 0 bridgehead atoms. The monoisotopic (exact) mass is 236 g/mol. The third-order valence-corrected chi connectivity index (χ3v) is 2.44. The van der Waals surface area contributed by atoms with Crippen molar-refractivity contribution in [1.82, 2.24) is 19.9 Å². The Kier molecular flexibility index (Phi) is 2.90. The highest BCUT2D eigenvalue weighted by atomic mass is 16.5. The number of carboxylic acids is 1. The van der Waals surface area contributed by atoms with Crippen molar-refractivity contribution < 1.29 is 14.4 Å². The first-order chi connectivity index (χ1) is 8.11. The van der Waals surface area contributed by atoms with Gasteiger partial charge < -0.3 is 9.63 Å². The summed E-state index contributed by atoms with van der Waals surface area (Å²) in [6.07, 6.45) is 2.01. The molecule has 17 heavy (non-hydrogen) atoms. The molecule has 7 heteroatoms. The fraction of sp³-hybridized carbons (Fsp3) is 0.400. The number of aryl methyl sites for hydroxylation is 1. The van der Waals surface area contributed by atoms with Crippen LogP contribution in [0.4, 0.5) is 0 Å². The van der Waals surface area contributed by atoms with E-state index in [1.54, 1.807) is 6.92 Å². The van der Waals surface area contributed by atoms with Crippen LogP contribution in [0.3, 0.4) is 0 Å². The van der Waals surface area contributed by atoms with Crippen LogP contribution in [-0.4, -0.2) is 31.0 Å². The molecule has 90 valence electrons. The zero-order valence-corrected chi connectivity index (χ0v) is 9.54. The number of aromatic nitrogens is 4. The Balaban J connectivity index is 2.21. The topological polar surface area (TPSA) is 94.0 Å². The summed E-state index contributed by atoms with van der Waals surface area (Å²) in [6.45, 7) is 3.90. The zero-order chi connectivity index (χ0) is 12.4. The van der Waals surface area contributed by atoms with Crippen LogP contribution in [-0.2, 0) is 13.0 Å². The van der Waals surface area contributed by atoms with E-state index >= 15 is 0 Å². The molecule has 2 rings (SSSR count). The molecule has 2 heterocycles. The molecule has 0 radical (unpaired) electrons. The van der Waals surface area contributed by atoms with E-state index in [1.807, 2.05) is 6.92 Å². The lowest BCUT2D eigenvalue weighted by molar-refractivity contribution is 0.0696. The first-order valence-electron chi connectivity index (χ1n) is 5.19. The maximum absolute atomic E-state index is 10.8. The maximum atomic E-state index is 10.8. The van der Waals surface area contributed by atoms with Gasteiger partial charge in [-0.1, -0.05) is 12.1 Å². The van der Waals surface area contributed by atoms with E-state index in [1.165, 1.54) is 10.9 Å². The van der Waals surface area contributed by atoms with Gasteiger partial charge >= 0.3 is 5.97 Å². The third-order valence-electron chi connectivity index (χ3n) is 2.44. The molecule has 1 N–H and O–H groups in total. The second-order valence-corrected chi connectivity index (χ2v) is 3.56. The summed E-state index contributed by atoms with van der Waals surface area (Å²) < 4.78 is 6.54. The van der Waals surface area contributed by atoms with Gasteiger partial charge in [-0.15, -0.1) is 0 Å². The van der Waals surface area contributed by atoms with Crippen molar-refractivity contribution >= 4 is 5.97 Å². The number of carbonyl (C=O) groups is 1. The molecule has 0 aliphatic rings. The van der Waals surface area contributed by atoms with Crippen molar-refractivity contribution in [3.8, 4) is 0 Å². The lowest BCUT2D eigenvalue weighted by atomic mass is 10.3. The van der Waals surface area contributed by atoms with Crippen molar-refractivity contribution in [2.75, 3.05) is 0 Å². The number of aromatic carboxylic acids is 1. The molecule has 0 saturated heterocycles. The molecule has 0 aliphatic carbocycles. The summed E-state index contributed by atoms with van der Waals surface area (Å²) in [5, 5.41) is 16.6. The number of hydrogen-bond donors (Lipinski definition) is 1. The Hall–Kier alpha value is -2.18. The van der Waals surface area contributed by atoms with Gasteiger partial charge in [0, 0.05) is 6.42 Å². The van der Waals surface area contributed by atoms with E-state index in [-0.39, 0.29) is 12.1 Å². The highest BCUT2D eigenvalue weighted by Gasteiger charge is 2.14. The molecular weight excluding hydrogens is 224 g/mol. The van der Waals surface area contributed by atoms with Crippen LogP contribution in [0.2, 0.25) is 0 Å². The van der Waals surface area contributed by atoms with E-state index in [0.717, 1.165) is 0 Å². The predicted octanol–water partition coefficient (Wildman–Crippen LogP) is 0.883. The van der Waals surface area contributed by atoms with Crippen LogP contribution in [0.25, 0.3) is 0 Å². The number of nitrogens with zero attached hydrogens (tertiary/aromatic N) is 4. The summed E-state index contributed by atoms with van der Waals surface area (Å²) >= 11 is 0. The summed E-state index contributed by atoms with van der Waals surface area (Å²) in [4.78, 5) is 15.0. The molecule has 0 fully saturated rings. The van der Waals surface area contributed by atoms with Gasteiger partial charge in [-0.2, -0.15) is 10.1 Å². The van der Waals surface area contributed by atoms with Crippen LogP contribution in [0.5, 0.6) is 0 Å². The van der Waals surface area contributed by atoms with Gasteiger partial charge in [0.1, 0.15) is 12.1 Å². The van der Waals surface area contributed by atoms with Crippen molar-refractivity contribution in [2.24, 2.45) is 0 Å². The van der Waals surface area contributed by atoms with E-state index in [2.05, 4.69) is 15.2 Å². The highest BCUT2D eigenvalue weighted by Crippen LogP contribution is 2.09. The SMILES string of the molecule is CCc1noc(Cn2ncc(C(=O)O)c2C)n1. The number of carboxylic acid groups (broad SMARTS) is 1. The van der Waals surface area contributed by atoms with Crippen molar-refractivity contribution in [3.05, 3.63) is 29.2 Å². The predicted molar refractivity (Wildman–Crippen MR) is 56.7 cm³/mol. The molecule has 0 unspecified atom stereocenters. The molecule has 0 saturated carbocycles. The van der Waals surface area contributed by atoms with E-state index in [0.29, 0.717) is 23.8 Å². The molecule has 7 nitrogen and oxygen atoms in total. The Morgan fingerprint density at radius 2 is 2.35 bits per heavy atom. The Bertz CT molecular complexity index is 543. The van der Waals surface area contributed by atoms with Gasteiger partial charge in [-0.05, 0) is 6.92 Å². The normalized spacial score (nSPS) is 10.7. The summed E-state index contributed by atoms with van der Waals surface area (Å²) in [5.41, 5.74) is 0.744. The Labute approximate surface area is 97.1 Å². The van der Waals surface area contributed by atoms with Crippen molar-refractivity contribution in [1.29, 1.82) is 0 Å². The van der Waals surface area contributed by atoms with Gasteiger partial charge in [0.05, 0.1) is 11.9 Å². The standard InChI is InChI=1S/C10H12N4O3/c1-3-8-12-9(17-13-8)5-14-6(2)7(4-11-14)10(15)16/h4H,3,5H2,1-2H3,(H,15,16). The van der Waals surface area contributed by atoms with Crippen LogP contribution in [0.15, 0.2) is 10.7 Å². The van der Waals surface area contributed by atoms with Crippen LogP contribution in [0, 0.1) is 6.92 Å². The molecule has 2 aromatic heterocycles. The van der Waals surface area contributed by atoms with E-state index in [4.69, 9.17) is 9.63 Å². The first-order valence-corrected chi connectivity index (χ1v) is 5.19. The minimum absolute atomic E-state index is 0.181. The number of hydrogen-bond acceptors (Lipinski definition) is 5. The lowest BCUT2D eigenvalue weighted by Crippen LogP contribution is -2.06. The molecule has 0 aromatic carbocycles. The summed E-state index contributed by atoms with van der Waals surface area (Å²) in [5.74, 6) is 0.0572. The van der Waals surface area contributed by atoms with Crippen LogP contribution in [0.1, 0.15) is 34.7 Å². The lowest BCUT2D eigenvalue weighted by Gasteiger charge is -1.99. The summed E-state index contributed by atoms with van der Waals surface area (Å²) in [7, 11) is 0. The van der Waals surface area contributed by atoms with Crippen LogP contribution < -0.4 is 0 Å². The highest BCUT2D eigenvalue weighted by molar-refractivity contribution is 5.88. The van der Waals surface area contributed by atoms with Crippen molar-refractivity contribution in [2.45, 2.75) is 26.8 Å². The average molecular weight is 236 g/mol. The molecule has 2 aromatic rings. The molecule has 0 aliphatic heterocycles. The van der Waals surface area contributed by atoms with E-state index in [9.17, 15) is 4.79 Å². The Morgan fingerprint density at radius 1 is 1.59 bits per heavy atom. The second-order valence-electron chi connectivity index (χ2n) is 3.56. The minimum Gasteiger partial charge on any atom is -0.478 e. The quantitative estimate of drug-likeness (QED) is 0.846. The first kappa shape index (κ1) is 11.3. The van der Waals surface area contributed by atoms with Gasteiger partial charge in [0.2, 0.25) is 5.89 Å². The minimum atomic E-state index is -0.992. The third kappa shape index (κ3) is 2.17. The van der Waals surface area contributed by atoms with Gasteiger partial charge in [-0.25, -0.2) is 4.79 Å². The zero-order valence-electron chi connectivity index (χ0n) is 9.54. The fourth-order valence-electron chi connectivity index (χ4n) is 1.44. The largest absolute Gasteiger partial charge is 0.478 e. The smallest absolute Gasteiger partial charge is 0.339 e. The number of rotatable bonds is 4. The summed E-state index contributed by atoms with van der Waals surface area (Å²) in [6, 6.07) is 0. The molecular formula is C10H12N4O3. The molecule has 0 atom stereocenters.